The Hall–Kier alpha value is -1.13. The van der Waals surface area contributed by atoms with Crippen LogP contribution in [0, 0.1) is 34.5 Å². The number of esters is 1. The van der Waals surface area contributed by atoms with E-state index < -0.39 is 17.0 Å². The summed E-state index contributed by atoms with van der Waals surface area (Å²) < 4.78 is 5.90. The Bertz CT molecular complexity index is 905. The van der Waals surface area contributed by atoms with Crippen LogP contribution in [0.2, 0.25) is 0 Å². The van der Waals surface area contributed by atoms with Crippen molar-refractivity contribution in [1.29, 1.82) is 0 Å². The molecule has 0 bridgehead atoms. The maximum Gasteiger partial charge on any atom is 0.303 e. The van der Waals surface area contributed by atoms with E-state index in [0.29, 0.717) is 17.4 Å². The Balaban J connectivity index is 1.85. The average molecular weight is 453 g/mol. The molecule has 2 saturated carbocycles. The van der Waals surface area contributed by atoms with Crippen molar-refractivity contribution in [2.45, 2.75) is 72.3 Å². The first-order valence-corrected chi connectivity index (χ1v) is 11.7. The van der Waals surface area contributed by atoms with Gasteiger partial charge >= 0.3 is 5.97 Å². The fraction of sp³-hybridized carbons (Fsp3) is 0.708. The van der Waals surface area contributed by atoms with Gasteiger partial charge in [0.25, 0.3) is 0 Å². The maximum absolute atomic E-state index is 13.0. The number of Topliss-reactive ketones (excluding diaryl/α,β-unsaturated/α-hetero) is 2. The minimum atomic E-state index is -1.11. The lowest BCUT2D eigenvalue weighted by Gasteiger charge is -2.58. The number of ketones is 2. The number of allylic oxidation sites excluding steroid dienone is 4. The van der Waals surface area contributed by atoms with Gasteiger partial charge in [-0.15, -0.1) is 0 Å². The molecule has 0 aromatic carbocycles. The fourth-order valence-corrected chi connectivity index (χ4v) is 8.68. The van der Waals surface area contributed by atoms with E-state index in [1.807, 2.05) is 6.92 Å². The van der Waals surface area contributed by atoms with Crippen LogP contribution < -0.4 is 0 Å². The van der Waals surface area contributed by atoms with Crippen molar-refractivity contribution >= 4 is 40.7 Å². The highest BCUT2D eigenvalue weighted by atomic mass is 35.5. The summed E-state index contributed by atoms with van der Waals surface area (Å²) in [5.74, 6) is 0.0311. The highest BCUT2D eigenvalue weighted by molar-refractivity contribution is 6.45. The Labute approximate surface area is 188 Å². The van der Waals surface area contributed by atoms with E-state index in [-0.39, 0.29) is 39.8 Å². The van der Waals surface area contributed by atoms with Gasteiger partial charge in [0.2, 0.25) is 0 Å². The molecule has 0 unspecified atom stereocenters. The quantitative estimate of drug-likeness (QED) is 0.514. The Morgan fingerprint density at radius 3 is 2.40 bits per heavy atom. The molecular formula is C24H30Cl2O4. The zero-order chi connectivity index (χ0) is 22.2. The van der Waals surface area contributed by atoms with Gasteiger partial charge in [0.05, 0.1) is 5.03 Å². The molecule has 164 valence electrons. The summed E-state index contributed by atoms with van der Waals surface area (Å²) in [5, 5.41) is 0.857. The van der Waals surface area contributed by atoms with Crippen LogP contribution in [0.1, 0.15) is 66.7 Å². The SMILES string of the molecule is CC(=O)O[C@]1(C(C)=O)[C@H](C)C[C@H]2[C@@H]3C=C(Cl)C4=C(Cl)C(=O)CC[C@]4(C)[C@H]3CC[C@@]21C. The highest BCUT2D eigenvalue weighted by Crippen LogP contribution is 2.69. The summed E-state index contributed by atoms with van der Waals surface area (Å²) >= 11 is 13.2. The summed E-state index contributed by atoms with van der Waals surface area (Å²) in [7, 11) is 0. The van der Waals surface area contributed by atoms with Crippen LogP contribution in [-0.2, 0) is 19.1 Å². The lowest BCUT2D eigenvalue weighted by Crippen LogP contribution is -2.60. The van der Waals surface area contributed by atoms with Crippen molar-refractivity contribution in [2.75, 3.05) is 0 Å². The van der Waals surface area contributed by atoms with E-state index in [9.17, 15) is 14.4 Å². The van der Waals surface area contributed by atoms with Crippen LogP contribution in [0.5, 0.6) is 0 Å². The first-order chi connectivity index (χ1) is 13.9. The molecule has 30 heavy (non-hydrogen) atoms. The van der Waals surface area contributed by atoms with Crippen LogP contribution >= 0.6 is 23.2 Å². The van der Waals surface area contributed by atoms with E-state index >= 15 is 0 Å². The topological polar surface area (TPSA) is 60.4 Å². The number of ether oxygens (including phenoxy) is 1. The van der Waals surface area contributed by atoms with Gasteiger partial charge in [-0.25, -0.2) is 0 Å². The molecular weight excluding hydrogens is 423 g/mol. The Morgan fingerprint density at radius 1 is 1.13 bits per heavy atom. The normalized spacial score (nSPS) is 45.3. The lowest BCUT2D eigenvalue weighted by molar-refractivity contribution is -0.190. The molecule has 0 N–H and O–H groups in total. The Kier molecular flexibility index (Phi) is 5.10. The van der Waals surface area contributed by atoms with Crippen LogP contribution in [0.3, 0.4) is 0 Å². The summed E-state index contributed by atoms with van der Waals surface area (Å²) in [5.41, 5.74) is -1.01. The van der Waals surface area contributed by atoms with Crippen LogP contribution in [0.4, 0.5) is 0 Å². The van der Waals surface area contributed by atoms with Crippen LogP contribution in [-0.4, -0.2) is 23.1 Å². The molecule has 0 aromatic rings. The van der Waals surface area contributed by atoms with Gasteiger partial charge in [0, 0.05) is 29.7 Å². The van der Waals surface area contributed by atoms with Crippen molar-refractivity contribution in [1.82, 2.24) is 0 Å². The van der Waals surface area contributed by atoms with E-state index in [0.717, 1.165) is 31.3 Å². The van der Waals surface area contributed by atoms with Crippen molar-refractivity contribution in [3.05, 3.63) is 21.7 Å². The first kappa shape index (κ1) is 22.1. The van der Waals surface area contributed by atoms with Crippen molar-refractivity contribution in [3.63, 3.8) is 0 Å². The number of rotatable bonds is 2. The van der Waals surface area contributed by atoms with Gasteiger partial charge in [0.15, 0.2) is 17.2 Å². The molecule has 0 radical (unpaired) electrons. The van der Waals surface area contributed by atoms with Gasteiger partial charge in [-0.05, 0) is 61.3 Å². The van der Waals surface area contributed by atoms with Gasteiger partial charge < -0.3 is 4.74 Å². The molecule has 0 heterocycles. The number of carbonyl (C=O) groups is 3. The molecule has 4 aliphatic carbocycles. The highest BCUT2D eigenvalue weighted by Gasteiger charge is 2.70. The van der Waals surface area contributed by atoms with Gasteiger partial charge in [0.1, 0.15) is 0 Å². The summed E-state index contributed by atoms with van der Waals surface area (Å²) in [6.07, 6.45) is 5.71. The zero-order valence-corrected chi connectivity index (χ0v) is 19.8. The monoisotopic (exact) mass is 452 g/mol. The van der Waals surface area contributed by atoms with E-state index in [4.69, 9.17) is 27.9 Å². The van der Waals surface area contributed by atoms with Gasteiger partial charge in [-0.1, -0.05) is 50.0 Å². The second-order valence-corrected chi connectivity index (χ2v) is 11.1. The van der Waals surface area contributed by atoms with Gasteiger partial charge in [-0.2, -0.15) is 0 Å². The third kappa shape index (κ3) is 2.62. The number of fused-ring (bicyclic) bond motifs is 5. The lowest BCUT2D eigenvalue weighted by atomic mass is 9.47. The molecule has 2 fully saturated rings. The summed E-state index contributed by atoms with van der Waals surface area (Å²) in [6.45, 7) is 9.28. The molecule has 7 atom stereocenters. The van der Waals surface area contributed by atoms with E-state index in [1.165, 1.54) is 6.92 Å². The Morgan fingerprint density at radius 2 is 1.80 bits per heavy atom. The molecule has 4 rings (SSSR count). The van der Waals surface area contributed by atoms with Crippen molar-refractivity contribution < 1.29 is 19.1 Å². The molecule has 6 heteroatoms. The molecule has 0 aliphatic heterocycles. The van der Waals surface area contributed by atoms with Crippen LogP contribution in [0.15, 0.2) is 21.7 Å². The second kappa shape index (κ2) is 6.93. The minimum absolute atomic E-state index is 0.0327. The summed E-state index contributed by atoms with van der Waals surface area (Å²) in [4.78, 5) is 37.3. The second-order valence-electron chi connectivity index (χ2n) is 10.3. The third-order valence-electron chi connectivity index (χ3n) is 9.00. The maximum atomic E-state index is 13.0. The number of carbonyl (C=O) groups excluding carboxylic acids is 3. The van der Waals surface area contributed by atoms with Crippen molar-refractivity contribution in [2.24, 2.45) is 34.5 Å². The van der Waals surface area contributed by atoms with E-state index in [2.05, 4.69) is 19.9 Å². The molecule has 0 aromatic heterocycles. The first-order valence-electron chi connectivity index (χ1n) is 10.9. The minimum Gasteiger partial charge on any atom is -0.450 e. The smallest absolute Gasteiger partial charge is 0.303 e. The zero-order valence-electron chi connectivity index (χ0n) is 18.3. The van der Waals surface area contributed by atoms with E-state index in [1.54, 1.807) is 6.92 Å². The molecule has 0 saturated heterocycles. The predicted molar refractivity (Wildman–Crippen MR) is 116 cm³/mol. The number of hydrogen-bond acceptors (Lipinski definition) is 4. The molecule has 0 spiro atoms. The summed E-state index contributed by atoms with van der Waals surface area (Å²) in [6, 6.07) is 0. The third-order valence-corrected chi connectivity index (χ3v) is 9.72. The van der Waals surface area contributed by atoms with Crippen molar-refractivity contribution in [3.8, 4) is 0 Å². The van der Waals surface area contributed by atoms with Crippen LogP contribution in [0.25, 0.3) is 0 Å². The number of halogens is 2. The van der Waals surface area contributed by atoms with Gasteiger partial charge in [-0.3, -0.25) is 14.4 Å². The molecule has 0 amide bonds. The number of hydrogen-bond donors (Lipinski definition) is 0. The average Bonchev–Trinajstić information content (AvgIpc) is 2.87. The standard InChI is InChI=1S/C24H30Cl2O4/c1-12-10-17-15-11-18(25)20-21(26)19(29)7-8-22(20,4)16(15)6-9-23(17,5)24(12,13(2)27)30-14(3)28/h11-12,15-17H,6-10H2,1-5H3/t12-,15-,16+,17+,22-,23+,24+/m1/s1. The molecule has 4 nitrogen and oxygen atoms in total. The largest absolute Gasteiger partial charge is 0.450 e. The molecule has 4 aliphatic rings. The predicted octanol–water partition coefficient (Wildman–Crippen LogP) is 5.56. The fourth-order valence-electron chi connectivity index (χ4n) is 7.77.